The van der Waals surface area contributed by atoms with E-state index in [2.05, 4.69) is 4.98 Å². The number of nitrogens with two attached hydrogens (primary N) is 2. The Morgan fingerprint density at radius 1 is 0.842 bits per heavy atom. The van der Waals surface area contributed by atoms with Crippen LogP contribution in [0.15, 0.2) is 71.6 Å². The highest BCUT2D eigenvalue weighted by molar-refractivity contribution is 5.61. The summed E-state index contributed by atoms with van der Waals surface area (Å²) in [5.41, 5.74) is 13.5. The quantitative estimate of drug-likeness (QED) is 0.653. The van der Waals surface area contributed by atoms with Gasteiger partial charge in [0, 0.05) is 16.9 Å². The van der Waals surface area contributed by atoms with E-state index in [-0.39, 0.29) is 0 Å². The first-order chi connectivity index (χ1) is 9.25. The third kappa shape index (κ3) is 3.89. The van der Waals surface area contributed by atoms with Crippen molar-refractivity contribution in [2.45, 2.75) is 0 Å². The van der Waals surface area contributed by atoms with E-state index in [9.17, 15) is 0 Å². The number of hydrogen-bond donors (Lipinski definition) is 2. The second-order valence-electron chi connectivity index (χ2n) is 3.90. The van der Waals surface area contributed by atoms with Crippen molar-refractivity contribution < 1.29 is 4.42 Å². The summed E-state index contributed by atoms with van der Waals surface area (Å²) in [7, 11) is 0. The number of oxazole rings is 1. The number of nitrogens with zero attached hydrogens (tertiary/aromatic N) is 1. The fourth-order valence-electron chi connectivity index (χ4n) is 1.50. The number of benzene rings is 2. The molecule has 4 N–H and O–H groups in total. The highest BCUT2D eigenvalue weighted by atomic mass is 16.3. The fourth-order valence-corrected chi connectivity index (χ4v) is 1.50. The lowest BCUT2D eigenvalue weighted by atomic mass is 10.2. The van der Waals surface area contributed by atoms with Gasteiger partial charge in [0.15, 0.2) is 12.2 Å². The van der Waals surface area contributed by atoms with E-state index in [4.69, 9.17) is 15.9 Å². The van der Waals surface area contributed by atoms with Gasteiger partial charge in [-0.3, -0.25) is 0 Å². The van der Waals surface area contributed by atoms with E-state index in [1.54, 1.807) is 6.20 Å². The van der Waals surface area contributed by atoms with Gasteiger partial charge >= 0.3 is 0 Å². The minimum Gasteiger partial charge on any atom is -0.444 e. The zero-order chi connectivity index (χ0) is 13.5. The second kappa shape index (κ2) is 6.26. The topological polar surface area (TPSA) is 78.1 Å². The van der Waals surface area contributed by atoms with Crippen LogP contribution in [0, 0.1) is 0 Å². The molecule has 3 aromatic rings. The maximum atomic E-state index is 5.60. The lowest BCUT2D eigenvalue weighted by molar-refractivity contribution is 0.572. The molecule has 0 bridgehead atoms. The molecule has 0 spiro atoms. The van der Waals surface area contributed by atoms with Crippen LogP contribution in [0.2, 0.25) is 0 Å². The Balaban J connectivity index is 0.000000163. The third-order valence-electron chi connectivity index (χ3n) is 2.40. The molecule has 96 valence electrons. The molecule has 0 aliphatic heterocycles. The highest BCUT2D eigenvalue weighted by Crippen LogP contribution is 2.20. The summed E-state index contributed by atoms with van der Waals surface area (Å²) in [4.78, 5) is 3.82. The number of para-hydroxylation sites is 1. The molecule has 0 unspecified atom stereocenters. The van der Waals surface area contributed by atoms with E-state index in [1.165, 1.54) is 6.39 Å². The van der Waals surface area contributed by atoms with Gasteiger partial charge in [-0.2, -0.15) is 0 Å². The minimum absolute atomic E-state index is 0.726. The number of hydrogen-bond acceptors (Lipinski definition) is 4. The van der Waals surface area contributed by atoms with Crippen molar-refractivity contribution in [1.82, 2.24) is 4.98 Å². The van der Waals surface area contributed by atoms with Crippen molar-refractivity contribution in [3.05, 3.63) is 67.2 Å². The van der Waals surface area contributed by atoms with E-state index in [1.807, 2.05) is 54.6 Å². The number of anilines is 2. The summed E-state index contributed by atoms with van der Waals surface area (Å²) in [6.45, 7) is 0. The highest BCUT2D eigenvalue weighted by Gasteiger charge is 1.99. The molecule has 4 nitrogen and oxygen atoms in total. The normalized spacial score (nSPS) is 9.47. The number of nitrogen functional groups attached to an aromatic ring is 2. The standard InChI is InChI=1S/C9H8N2O.C6H7N/c10-8-3-1-2-7(4-8)9-5-11-6-12-9;7-6-4-2-1-3-5-6/h1-6H,10H2;1-5H,7H2. The van der Waals surface area contributed by atoms with Gasteiger partial charge in [0.1, 0.15) is 0 Å². The minimum atomic E-state index is 0.726. The van der Waals surface area contributed by atoms with E-state index < -0.39 is 0 Å². The van der Waals surface area contributed by atoms with Crippen molar-refractivity contribution in [2.24, 2.45) is 0 Å². The van der Waals surface area contributed by atoms with Crippen molar-refractivity contribution in [1.29, 1.82) is 0 Å². The molecule has 0 saturated heterocycles. The van der Waals surface area contributed by atoms with Crippen LogP contribution in [0.25, 0.3) is 11.3 Å². The molecule has 0 radical (unpaired) electrons. The van der Waals surface area contributed by atoms with Crippen LogP contribution in [0.5, 0.6) is 0 Å². The molecular formula is C15H15N3O. The van der Waals surface area contributed by atoms with Crippen LogP contribution in [-0.4, -0.2) is 4.98 Å². The van der Waals surface area contributed by atoms with Gasteiger partial charge < -0.3 is 15.9 Å². The van der Waals surface area contributed by atoms with Gasteiger partial charge in [-0.05, 0) is 24.3 Å². The molecule has 1 aromatic heterocycles. The Labute approximate surface area is 111 Å². The number of aromatic nitrogens is 1. The summed E-state index contributed by atoms with van der Waals surface area (Å²) in [5, 5.41) is 0. The average molecular weight is 253 g/mol. The molecule has 4 heteroatoms. The molecule has 0 fully saturated rings. The largest absolute Gasteiger partial charge is 0.444 e. The smallest absolute Gasteiger partial charge is 0.181 e. The maximum absolute atomic E-state index is 5.60. The summed E-state index contributed by atoms with van der Waals surface area (Å²) in [6, 6.07) is 17.0. The molecule has 0 aliphatic carbocycles. The van der Waals surface area contributed by atoms with Crippen LogP contribution in [0.1, 0.15) is 0 Å². The first-order valence-corrected chi connectivity index (χ1v) is 5.80. The predicted molar refractivity (Wildman–Crippen MR) is 77.2 cm³/mol. The van der Waals surface area contributed by atoms with Crippen molar-refractivity contribution >= 4 is 11.4 Å². The Morgan fingerprint density at radius 3 is 2.11 bits per heavy atom. The average Bonchev–Trinajstić information content (AvgIpc) is 2.94. The molecule has 0 saturated carbocycles. The van der Waals surface area contributed by atoms with Crippen molar-refractivity contribution in [2.75, 3.05) is 11.5 Å². The Morgan fingerprint density at radius 2 is 1.58 bits per heavy atom. The van der Waals surface area contributed by atoms with Gasteiger partial charge in [-0.25, -0.2) is 4.98 Å². The van der Waals surface area contributed by atoms with E-state index in [0.29, 0.717) is 0 Å². The van der Waals surface area contributed by atoms with Gasteiger partial charge in [-0.1, -0.05) is 30.3 Å². The zero-order valence-corrected chi connectivity index (χ0v) is 10.4. The Bertz CT molecular complexity index is 606. The molecule has 19 heavy (non-hydrogen) atoms. The second-order valence-corrected chi connectivity index (χ2v) is 3.90. The van der Waals surface area contributed by atoms with E-state index >= 15 is 0 Å². The Hall–Kier alpha value is -2.75. The van der Waals surface area contributed by atoms with Crippen LogP contribution in [0.4, 0.5) is 11.4 Å². The summed E-state index contributed by atoms with van der Waals surface area (Å²) < 4.78 is 5.11. The zero-order valence-electron chi connectivity index (χ0n) is 10.4. The molecule has 3 rings (SSSR count). The monoisotopic (exact) mass is 253 g/mol. The molecular weight excluding hydrogens is 238 g/mol. The molecule has 0 atom stereocenters. The molecule has 0 aliphatic rings. The van der Waals surface area contributed by atoms with Gasteiger partial charge in [0.2, 0.25) is 0 Å². The molecule has 1 heterocycles. The van der Waals surface area contributed by atoms with E-state index in [0.717, 1.165) is 22.7 Å². The third-order valence-corrected chi connectivity index (χ3v) is 2.40. The van der Waals surface area contributed by atoms with Crippen molar-refractivity contribution in [3.8, 4) is 11.3 Å². The lowest BCUT2D eigenvalue weighted by Crippen LogP contribution is -1.83. The van der Waals surface area contributed by atoms with Crippen molar-refractivity contribution in [3.63, 3.8) is 0 Å². The predicted octanol–water partition coefficient (Wildman–Crippen LogP) is 3.19. The van der Waals surface area contributed by atoms with Gasteiger partial charge in [0.25, 0.3) is 0 Å². The van der Waals surface area contributed by atoms with Crippen LogP contribution < -0.4 is 11.5 Å². The number of rotatable bonds is 1. The summed E-state index contributed by atoms with van der Waals surface area (Å²) in [6.07, 6.45) is 3.06. The maximum Gasteiger partial charge on any atom is 0.181 e. The van der Waals surface area contributed by atoms with Crippen LogP contribution in [-0.2, 0) is 0 Å². The van der Waals surface area contributed by atoms with Gasteiger partial charge in [-0.15, -0.1) is 0 Å². The summed E-state index contributed by atoms with van der Waals surface area (Å²) >= 11 is 0. The van der Waals surface area contributed by atoms with Gasteiger partial charge in [0.05, 0.1) is 6.20 Å². The SMILES string of the molecule is Nc1cccc(-c2cnco2)c1.Nc1ccccc1. The lowest BCUT2D eigenvalue weighted by Gasteiger charge is -1.96. The first kappa shape index (κ1) is 12.7. The fraction of sp³-hybridized carbons (Fsp3) is 0. The molecule has 2 aromatic carbocycles. The Kier molecular flexibility index (Phi) is 4.18. The van der Waals surface area contributed by atoms with Crippen LogP contribution >= 0.6 is 0 Å². The first-order valence-electron chi connectivity index (χ1n) is 5.80. The summed E-state index contributed by atoms with van der Waals surface area (Å²) in [5.74, 6) is 0.738. The van der Waals surface area contributed by atoms with Crippen LogP contribution in [0.3, 0.4) is 0 Å². The molecule has 0 amide bonds.